The van der Waals surface area contributed by atoms with Gasteiger partial charge in [-0.05, 0) is 142 Å². The van der Waals surface area contributed by atoms with Crippen LogP contribution in [0.5, 0.6) is 0 Å². The van der Waals surface area contributed by atoms with E-state index < -0.39 is 0 Å². The van der Waals surface area contributed by atoms with Crippen LogP contribution in [0.2, 0.25) is 0 Å². The van der Waals surface area contributed by atoms with E-state index in [0.29, 0.717) is 0 Å². The van der Waals surface area contributed by atoms with Crippen molar-refractivity contribution in [1.82, 2.24) is 0 Å². The molecular formula is C54H51BN2O. The third-order valence-corrected chi connectivity index (χ3v) is 12.5. The first-order chi connectivity index (χ1) is 28.6. The Labute approximate surface area is 344 Å². The summed E-state index contributed by atoms with van der Waals surface area (Å²) in [5, 5.41) is 2.32. The van der Waals surface area contributed by atoms with Crippen molar-refractivity contribution < 1.29 is 4.42 Å². The fourth-order valence-corrected chi connectivity index (χ4v) is 9.94. The van der Waals surface area contributed by atoms with Crippen LogP contribution in [0.4, 0.5) is 34.1 Å². The molecule has 0 fully saturated rings. The fraction of sp³-hybridized carbons (Fsp3) is 0.222. The van der Waals surface area contributed by atoms with Gasteiger partial charge in [-0.1, -0.05) is 126 Å². The lowest BCUT2D eigenvalue weighted by atomic mass is 9.33. The summed E-state index contributed by atoms with van der Waals surface area (Å²) in [7, 11) is 0. The summed E-state index contributed by atoms with van der Waals surface area (Å²) in [6, 6.07) is 53.3. The molecule has 0 atom stereocenters. The minimum atomic E-state index is 0.118. The van der Waals surface area contributed by atoms with E-state index in [0.717, 1.165) is 73.3 Å². The van der Waals surface area contributed by atoms with E-state index in [9.17, 15) is 0 Å². The van der Waals surface area contributed by atoms with Gasteiger partial charge >= 0.3 is 0 Å². The maximum absolute atomic E-state index is 6.27. The Balaban J connectivity index is 1.21. The van der Waals surface area contributed by atoms with Crippen molar-refractivity contribution in [1.29, 1.82) is 0 Å². The quantitative estimate of drug-likeness (QED) is 0.123. The Morgan fingerprint density at radius 2 is 1.03 bits per heavy atom. The van der Waals surface area contributed by atoms with Crippen molar-refractivity contribution in [3.63, 3.8) is 0 Å². The summed E-state index contributed by atoms with van der Waals surface area (Å²) in [5.41, 5.74) is 21.6. The predicted molar refractivity (Wildman–Crippen MR) is 249 cm³/mol. The third kappa shape index (κ3) is 6.04. The van der Waals surface area contributed by atoms with Gasteiger partial charge in [-0.3, -0.25) is 0 Å². The summed E-state index contributed by atoms with van der Waals surface area (Å²) < 4.78 is 6.27. The molecular weight excluding hydrogens is 703 g/mol. The second kappa shape index (κ2) is 15.1. The van der Waals surface area contributed by atoms with Crippen molar-refractivity contribution in [3.8, 4) is 11.1 Å². The van der Waals surface area contributed by atoms with Gasteiger partial charge in [-0.2, -0.15) is 0 Å². The van der Waals surface area contributed by atoms with Crippen LogP contribution in [-0.4, -0.2) is 6.71 Å². The zero-order chi connectivity index (χ0) is 39.3. The van der Waals surface area contributed by atoms with E-state index in [2.05, 4.69) is 171 Å². The van der Waals surface area contributed by atoms with Gasteiger partial charge in [-0.15, -0.1) is 0 Å². The summed E-state index contributed by atoms with van der Waals surface area (Å²) in [4.78, 5) is 5.10. The van der Waals surface area contributed by atoms with Crippen molar-refractivity contribution >= 4 is 79.2 Å². The maximum atomic E-state index is 6.27. The van der Waals surface area contributed by atoms with Crippen molar-refractivity contribution in [2.45, 2.75) is 79.1 Å². The van der Waals surface area contributed by atoms with Crippen LogP contribution in [0.1, 0.15) is 75.6 Å². The molecule has 0 saturated heterocycles. The van der Waals surface area contributed by atoms with Gasteiger partial charge in [0, 0.05) is 44.9 Å². The third-order valence-electron chi connectivity index (χ3n) is 12.5. The standard InChI is InChI=1S/C54H51BN2O/c1-5-12-36-20-26-41(27-21-36)56-48-29-22-37(13-6-2)32-46(48)55-47-33-38(14-7-3)23-30-49(47)57(51-18-11-17-50(56)54(51)55)42-28-24-39(15-8-4)44(35-42)40-25-31-53-45(34-40)43-16-9-10-19-52(43)58-53/h9-11,16-35H,5-8,12-15H2,1-4H3. The molecule has 0 saturated carbocycles. The van der Waals surface area contributed by atoms with E-state index in [4.69, 9.17) is 4.42 Å². The zero-order valence-electron chi connectivity index (χ0n) is 34.3. The molecule has 0 N–H and O–H groups in total. The average molecular weight is 755 g/mol. The summed E-state index contributed by atoms with van der Waals surface area (Å²) in [5.74, 6) is 0. The summed E-state index contributed by atoms with van der Waals surface area (Å²) in [6.07, 6.45) is 8.71. The number of rotatable bonds is 11. The number of benzene rings is 7. The van der Waals surface area contributed by atoms with Gasteiger partial charge in [0.15, 0.2) is 0 Å². The van der Waals surface area contributed by atoms with Gasteiger partial charge in [0.1, 0.15) is 11.2 Å². The van der Waals surface area contributed by atoms with E-state index in [-0.39, 0.29) is 6.71 Å². The minimum Gasteiger partial charge on any atom is -0.456 e. The molecule has 1 aromatic heterocycles. The predicted octanol–water partition coefficient (Wildman–Crippen LogP) is 13.1. The lowest BCUT2D eigenvalue weighted by Gasteiger charge is -2.44. The molecule has 0 aliphatic carbocycles. The van der Waals surface area contributed by atoms with Crippen LogP contribution in [-0.2, 0) is 25.7 Å². The number of aryl methyl sites for hydroxylation is 4. The Hall–Kier alpha value is -6.00. The normalized spacial score (nSPS) is 12.9. The van der Waals surface area contributed by atoms with E-state index in [1.54, 1.807) is 0 Å². The zero-order valence-corrected chi connectivity index (χ0v) is 34.3. The Morgan fingerprint density at radius 1 is 0.448 bits per heavy atom. The molecule has 58 heavy (non-hydrogen) atoms. The lowest BCUT2D eigenvalue weighted by molar-refractivity contribution is 0.669. The van der Waals surface area contributed by atoms with Crippen molar-refractivity contribution in [2.24, 2.45) is 0 Å². The van der Waals surface area contributed by atoms with Gasteiger partial charge in [0.25, 0.3) is 6.71 Å². The molecule has 8 aromatic rings. The number of nitrogens with zero attached hydrogens (tertiary/aromatic N) is 2. The average Bonchev–Trinajstić information content (AvgIpc) is 3.63. The molecule has 3 nitrogen and oxygen atoms in total. The van der Waals surface area contributed by atoms with Crippen molar-refractivity contribution in [2.75, 3.05) is 9.80 Å². The van der Waals surface area contributed by atoms with Crippen LogP contribution >= 0.6 is 0 Å². The highest BCUT2D eigenvalue weighted by Crippen LogP contribution is 2.45. The second-order valence-corrected chi connectivity index (χ2v) is 16.4. The molecule has 0 bridgehead atoms. The molecule has 2 aliphatic rings. The van der Waals surface area contributed by atoms with E-state index in [1.165, 1.54) is 83.9 Å². The SMILES string of the molecule is CCCc1ccc(N2c3ccc(CCC)cc3B3c4cc(CCC)ccc4N(c4ccc(CCC)c(-c5ccc6oc7ccccc7c6c5)c4)c4cccc2c43)cc1. The van der Waals surface area contributed by atoms with Crippen LogP contribution in [0.3, 0.4) is 0 Å². The molecule has 286 valence electrons. The second-order valence-electron chi connectivity index (χ2n) is 16.4. The van der Waals surface area contributed by atoms with Crippen molar-refractivity contribution in [3.05, 3.63) is 162 Å². The number of fused-ring (bicyclic) bond motifs is 7. The molecule has 3 heterocycles. The maximum Gasteiger partial charge on any atom is 0.252 e. The van der Waals surface area contributed by atoms with Crippen LogP contribution in [0.25, 0.3) is 33.1 Å². The molecule has 4 heteroatoms. The number of furan rings is 1. The molecule has 10 rings (SSSR count). The first kappa shape index (κ1) is 36.4. The molecule has 0 spiro atoms. The molecule has 0 amide bonds. The number of hydrogen-bond donors (Lipinski definition) is 0. The van der Waals surface area contributed by atoms with Crippen LogP contribution < -0.4 is 26.2 Å². The minimum absolute atomic E-state index is 0.118. The molecule has 2 aliphatic heterocycles. The topological polar surface area (TPSA) is 19.6 Å². The Morgan fingerprint density at radius 3 is 1.71 bits per heavy atom. The monoisotopic (exact) mass is 754 g/mol. The van der Waals surface area contributed by atoms with Crippen LogP contribution in [0, 0.1) is 0 Å². The van der Waals surface area contributed by atoms with Gasteiger partial charge in [0.2, 0.25) is 0 Å². The highest BCUT2D eigenvalue weighted by molar-refractivity contribution is 7.00. The van der Waals surface area contributed by atoms with E-state index >= 15 is 0 Å². The van der Waals surface area contributed by atoms with Gasteiger partial charge < -0.3 is 14.2 Å². The van der Waals surface area contributed by atoms with Crippen LogP contribution in [0.15, 0.2) is 144 Å². The Bertz CT molecular complexity index is 2820. The number of hydrogen-bond acceptors (Lipinski definition) is 3. The number of para-hydroxylation sites is 1. The highest BCUT2D eigenvalue weighted by Gasteiger charge is 2.43. The first-order valence-corrected chi connectivity index (χ1v) is 21.7. The van der Waals surface area contributed by atoms with E-state index in [1.807, 2.05) is 6.07 Å². The molecule has 0 radical (unpaired) electrons. The first-order valence-electron chi connectivity index (χ1n) is 21.7. The Kier molecular flexibility index (Phi) is 9.44. The molecule has 0 unspecified atom stereocenters. The van der Waals surface area contributed by atoms with Gasteiger partial charge in [-0.25, -0.2) is 0 Å². The smallest absolute Gasteiger partial charge is 0.252 e. The lowest BCUT2D eigenvalue weighted by Crippen LogP contribution is -2.61. The largest absolute Gasteiger partial charge is 0.456 e. The highest BCUT2D eigenvalue weighted by atomic mass is 16.3. The number of anilines is 6. The molecule has 7 aromatic carbocycles. The van der Waals surface area contributed by atoms with Gasteiger partial charge in [0.05, 0.1) is 0 Å². The fourth-order valence-electron chi connectivity index (χ4n) is 9.94. The summed E-state index contributed by atoms with van der Waals surface area (Å²) in [6.45, 7) is 9.24. The summed E-state index contributed by atoms with van der Waals surface area (Å²) >= 11 is 0.